The van der Waals surface area contributed by atoms with Crippen LogP contribution in [0.2, 0.25) is 0 Å². The predicted octanol–water partition coefficient (Wildman–Crippen LogP) is 4.24. The Kier molecular flexibility index (Phi) is 6.18. The number of carbonyl (C=O) groups excluding carboxylic acids is 1. The number of aliphatic hydroxyl groups excluding tert-OH is 4. The maximum Gasteiger partial charge on any atom is 0.314 e. The van der Waals surface area contributed by atoms with Gasteiger partial charge in [-0.3, -0.25) is 4.79 Å². The van der Waals surface area contributed by atoms with Crippen molar-refractivity contribution >= 4 is 5.97 Å². The summed E-state index contributed by atoms with van der Waals surface area (Å²) in [5.41, 5.74) is -0.781. The molecule has 0 aromatic heterocycles. The van der Waals surface area contributed by atoms with E-state index in [1.807, 2.05) is 0 Å². The summed E-state index contributed by atoms with van der Waals surface area (Å²) < 4.78 is 5.13. The third kappa shape index (κ3) is 3.16. The topological polar surface area (TPSA) is 107 Å². The molecule has 4 saturated carbocycles. The van der Waals surface area contributed by atoms with Gasteiger partial charge >= 0.3 is 5.97 Å². The van der Waals surface area contributed by atoms with Crippen molar-refractivity contribution in [2.75, 3.05) is 13.7 Å². The first-order valence-corrected chi connectivity index (χ1v) is 14.5. The minimum atomic E-state index is -1.16. The van der Waals surface area contributed by atoms with E-state index in [2.05, 4.69) is 40.7 Å². The summed E-state index contributed by atoms with van der Waals surface area (Å²) in [5.74, 6) is 0.244. The first-order chi connectivity index (χ1) is 17.1. The highest BCUT2D eigenvalue weighted by atomic mass is 16.5. The molecule has 0 aromatic rings. The minimum Gasteiger partial charge on any atom is -0.469 e. The Labute approximate surface area is 222 Å². The van der Waals surface area contributed by atoms with Crippen LogP contribution in [-0.2, 0) is 9.53 Å². The van der Waals surface area contributed by atoms with Crippen molar-refractivity contribution < 1.29 is 30.0 Å². The molecule has 12 atom stereocenters. The predicted molar refractivity (Wildman–Crippen MR) is 141 cm³/mol. The Bertz CT molecular complexity index is 994. The van der Waals surface area contributed by atoms with Crippen LogP contribution in [0, 0.1) is 50.2 Å². The highest BCUT2D eigenvalue weighted by Crippen LogP contribution is 2.75. The molecule has 12 unspecified atom stereocenters. The van der Waals surface area contributed by atoms with Crippen LogP contribution in [0.4, 0.5) is 0 Å². The van der Waals surface area contributed by atoms with Crippen molar-refractivity contribution in [3.63, 3.8) is 0 Å². The maximum atomic E-state index is 12.9. The number of allylic oxidation sites excluding steroid dienone is 2. The second-order valence-electron chi connectivity index (χ2n) is 15.1. The summed E-state index contributed by atoms with van der Waals surface area (Å²) in [6.07, 6.45) is 6.71. The fraction of sp³-hybridized carbons (Fsp3) is 0.903. The van der Waals surface area contributed by atoms with E-state index < -0.39 is 40.5 Å². The summed E-state index contributed by atoms with van der Waals surface area (Å²) >= 11 is 0. The van der Waals surface area contributed by atoms with Crippen LogP contribution in [-0.4, -0.2) is 58.4 Å². The third-order valence-corrected chi connectivity index (χ3v) is 13.9. The van der Waals surface area contributed by atoms with Gasteiger partial charge in [-0.2, -0.15) is 0 Å². The van der Waals surface area contributed by atoms with Crippen LogP contribution in [0.5, 0.6) is 0 Å². The molecule has 4 fully saturated rings. The standard InChI is InChI=1S/C31H50O6/c1-26-14-15-30(5)18(19(26)16-28(3,25(36)37-7)24(35)23(26)34)8-9-21-27(2)12-11-22(33)29(4,17-32)20(27)10-13-31(21,30)6/h8,19-24,32-35H,9-17H2,1-7H3. The van der Waals surface area contributed by atoms with Crippen LogP contribution in [0.25, 0.3) is 0 Å². The monoisotopic (exact) mass is 518 g/mol. The zero-order valence-electron chi connectivity index (χ0n) is 24.0. The largest absolute Gasteiger partial charge is 0.469 e. The molecule has 0 bridgehead atoms. The van der Waals surface area contributed by atoms with E-state index in [1.165, 1.54) is 12.7 Å². The summed E-state index contributed by atoms with van der Waals surface area (Å²) in [6.45, 7) is 13.3. The van der Waals surface area contributed by atoms with E-state index in [-0.39, 0.29) is 34.7 Å². The number of rotatable bonds is 2. The Morgan fingerprint density at radius 1 is 0.919 bits per heavy atom. The lowest BCUT2D eigenvalue weighted by atomic mass is 9.33. The van der Waals surface area contributed by atoms with Crippen molar-refractivity contribution in [3.8, 4) is 0 Å². The average molecular weight is 519 g/mol. The zero-order valence-corrected chi connectivity index (χ0v) is 24.0. The van der Waals surface area contributed by atoms with Gasteiger partial charge in [0.25, 0.3) is 0 Å². The fourth-order valence-electron chi connectivity index (χ4n) is 11.0. The van der Waals surface area contributed by atoms with Crippen LogP contribution in [0.3, 0.4) is 0 Å². The maximum absolute atomic E-state index is 12.9. The zero-order chi connectivity index (χ0) is 27.4. The highest BCUT2D eigenvalue weighted by Gasteiger charge is 2.70. The molecule has 0 aliphatic heterocycles. The molecule has 5 aliphatic carbocycles. The van der Waals surface area contributed by atoms with E-state index in [0.717, 1.165) is 44.9 Å². The van der Waals surface area contributed by atoms with Crippen LogP contribution >= 0.6 is 0 Å². The summed E-state index contributed by atoms with van der Waals surface area (Å²) in [6, 6.07) is 0. The normalized spacial score (nSPS) is 57.2. The summed E-state index contributed by atoms with van der Waals surface area (Å²) in [7, 11) is 1.36. The van der Waals surface area contributed by atoms with E-state index in [1.54, 1.807) is 6.92 Å². The van der Waals surface area contributed by atoms with E-state index in [4.69, 9.17) is 4.74 Å². The molecular weight excluding hydrogens is 468 g/mol. The third-order valence-electron chi connectivity index (χ3n) is 13.9. The Balaban J connectivity index is 1.59. The number of hydrogen-bond acceptors (Lipinski definition) is 6. The van der Waals surface area contributed by atoms with Gasteiger partial charge in [-0.1, -0.05) is 46.3 Å². The number of fused-ring (bicyclic) bond motifs is 7. The summed E-state index contributed by atoms with van der Waals surface area (Å²) in [5, 5.41) is 44.0. The Hall–Kier alpha value is -0.950. The smallest absolute Gasteiger partial charge is 0.314 e. The summed E-state index contributed by atoms with van der Waals surface area (Å²) in [4.78, 5) is 12.9. The molecule has 0 spiro atoms. The first-order valence-electron chi connectivity index (χ1n) is 14.5. The number of methoxy groups -OCH3 is 1. The van der Waals surface area contributed by atoms with Gasteiger partial charge in [0.15, 0.2) is 0 Å². The van der Waals surface area contributed by atoms with Gasteiger partial charge in [0, 0.05) is 10.8 Å². The molecule has 0 heterocycles. The average Bonchev–Trinajstić information content (AvgIpc) is 2.86. The minimum absolute atomic E-state index is 0.00654. The number of carbonyl (C=O) groups is 1. The molecule has 5 rings (SSSR count). The van der Waals surface area contributed by atoms with Gasteiger partial charge in [-0.05, 0) is 92.3 Å². The molecule has 37 heavy (non-hydrogen) atoms. The molecule has 0 radical (unpaired) electrons. The van der Waals surface area contributed by atoms with E-state index >= 15 is 0 Å². The molecule has 5 aliphatic rings. The number of aliphatic hydroxyl groups is 4. The molecule has 4 N–H and O–H groups in total. The second-order valence-corrected chi connectivity index (χ2v) is 15.1. The van der Waals surface area contributed by atoms with Crippen LogP contribution in [0.1, 0.15) is 92.9 Å². The van der Waals surface area contributed by atoms with E-state index in [9.17, 15) is 25.2 Å². The lowest BCUT2D eigenvalue weighted by molar-refractivity contribution is -0.229. The van der Waals surface area contributed by atoms with Gasteiger partial charge in [-0.15, -0.1) is 0 Å². The number of hydrogen-bond donors (Lipinski definition) is 4. The molecule has 6 heteroatoms. The molecule has 210 valence electrons. The number of esters is 1. The molecule has 0 saturated heterocycles. The van der Waals surface area contributed by atoms with Gasteiger partial charge in [0.1, 0.15) is 0 Å². The molecular formula is C31H50O6. The highest BCUT2D eigenvalue weighted by molar-refractivity contribution is 5.77. The van der Waals surface area contributed by atoms with Gasteiger partial charge in [-0.25, -0.2) is 0 Å². The van der Waals surface area contributed by atoms with Crippen molar-refractivity contribution in [1.29, 1.82) is 0 Å². The van der Waals surface area contributed by atoms with Crippen molar-refractivity contribution in [1.82, 2.24) is 0 Å². The van der Waals surface area contributed by atoms with Crippen LogP contribution < -0.4 is 0 Å². The molecule has 0 aromatic carbocycles. The molecule has 0 amide bonds. The molecule has 6 nitrogen and oxygen atoms in total. The van der Waals surface area contributed by atoms with E-state index in [0.29, 0.717) is 12.3 Å². The van der Waals surface area contributed by atoms with Gasteiger partial charge in [0.2, 0.25) is 0 Å². The Morgan fingerprint density at radius 3 is 2.22 bits per heavy atom. The van der Waals surface area contributed by atoms with Crippen LogP contribution in [0.15, 0.2) is 11.6 Å². The second kappa shape index (κ2) is 8.28. The van der Waals surface area contributed by atoms with Crippen molar-refractivity contribution in [2.24, 2.45) is 50.2 Å². The van der Waals surface area contributed by atoms with Crippen molar-refractivity contribution in [3.05, 3.63) is 11.6 Å². The lowest BCUT2D eigenvalue weighted by Crippen LogP contribution is -2.68. The SMILES string of the molecule is COC(=O)C1(C)CC2C3=CCC4C5(C)CCC(O)C(C)(CO)C5CCC4(C)C3(C)CCC2(C)C(O)C1O. The van der Waals surface area contributed by atoms with Gasteiger partial charge < -0.3 is 25.2 Å². The number of ether oxygens (including phenoxy) is 1. The van der Waals surface area contributed by atoms with Gasteiger partial charge in [0.05, 0.1) is 37.4 Å². The fourth-order valence-corrected chi connectivity index (χ4v) is 11.0. The first kappa shape index (κ1) is 27.6. The Morgan fingerprint density at radius 2 is 1.59 bits per heavy atom. The lowest BCUT2D eigenvalue weighted by Gasteiger charge is -2.71. The quantitative estimate of drug-likeness (QED) is 0.322. The van der Waals surface area contributed by atoms with Crippen molar-refractivity contribution in [2.45, 2.75) is 111 Å².